The van der Waals surface area contributed by atoms with E-state index in [1.54, 1.807) is 0 Å². The standard InChI is InChI=1S/C13H16N4/c1-17(10-6-7-14-8-10)13-9-15-11-4-2-3-5-12(11)16-13/h2-5,9-10,14H,6-8H2,1H3/t10-/m0/s1. The second kappa shape index (κ2) is 4.30. The summed E-state index contributed by atoms with van der Waals surface area (Å²) in [6.45, 7) is 2.13. The van der Waals surface area contributed by atoms with E-state index in [0.29, 0.717) is 6.04 Å². The molecule has 1 aromatic carbocycles. The highest BCUT2D eigenvalue weighted by Crippen LogP contribution is 2.18. The Morgan fingerprint density at radius 2 is 2.12 bits per heavy atom. The summed E-state index contributed by atoms with van der Waals surface area (Å²) in [7, 11) is 2.09. The van der Waals surface area contributed by atoms with E-state index in [4.69, 9.17) is 0 Å². The van der Waals surface area contributed by atoms with Gasteiger partial charge in [0.05, 0.1) is 17.2 Å². The zero-order chi connectivity index (χ0) is 11.7. The lowest BCUT2D eigenvalue weighted by Gasteiger charge is -2.24. The van der Waals surface area contributed by atoms with Crippen molar-refractivity contribution in [2.45, 2.75) is 12.5 Å². The second-order valence-corrected chi connectivity index (χ2v) is 4.47. The van der Waals surface area contributed by atoms with Gasteiger partial charge in [0.25, 0.3) is 0 Å². The zero-order valence-corrected chi connectivity index (χ0v) is 9.93. The molecule has 0 bridgehead atoms. The minimum atomic E-state index is 0.533. The van der Waals surface area contributed by atoms with Crippen molar-refractivity contribution in [1.29, 1.82) is 0 Å². The third-order valence-electron chi connectivity index (χ3n) is 3.38. The molecular formula is C13H16N4. The van der Waals surface area contributed by atoms with Gasteiger partial charge >= 0.3 is 0 Å². The fourth-order valence-electron chi connectivity index (χ4n) is 2.27. The minimum absolute atomic E-state index is 0.533. The highest BCUT2D eigenvalue weighted by atomic mass is 15.2. The molecule has 88 valence electrons. The summed E-state index contributed by atoms with van der Waals surface area (Å²) < 4.78 is 0. The van der Waals surface area contributed by atoms with Gasteiger partial charge in [-0.1, -0.05) is 12.1 Å². The van der Waals surface area contributed by atoms with Crippen molar-refractivity contribution in [3.05, 3.63) is 30.5 Å². The predicted octanol–water partition coefficient (Wildman–Crippen LogP) is 1.43. The van der Waals surface area contributed by atoms with Crippen molar-refractivity contribution in [1.82, 2.24) is 15.3 Å². The molecular weight excluding hydrogens is 212 g/mol. The first-order chi connectivity index (χ1) is 8.34. The zero-order valence-electron chi connectivity index (χ0n) is 9.93. The monoisotopic (exact) mass is 228 g/mol. The third-order valence-corrected chi connectivity index (χ3v) is 3.38. The summed E-state index contributed by atoms with van der Waals surface area (Å²) in [6, 6.07) is 8.51. The van der Waals surface area contributed by atoms with E-state index in [2.05, 4.69) is 27.2 Å². The van der Waals surface area contributed by atoms with Gasteiger partial charge < -0.3 is 10.2 Å². The molecule has 0 radical (unpaired) electrons. The van der Waals surface area contributed by atoms with Gasteiger partial charge in [-0.2, -0.15) is 0 Å². The molecule has 0 aliphatic carbocycles. The number of benzene rings is 1. The summed E-state index contributed by atoms with van der Waals surface area (Å²) in [5.74, 6) is 0.956. The number of fused-ring (bicyclic) bond motifs is 1. The lowest BCUT2D eigenvalue weighted by molar-refractivity contribution is 0.678. The molecule has 17 heavy (non-hydrogen) atoms. The molecule has 2 aromatic rings. The highest BCUT2D eigenvalue weighted by molar-refractivity contribution is 5.75. The quantitative estimate of drug-likeness (QED) is 0.844. The SMILES string of the molecule is CN(c1cnc2ccccc2n1)[C@H]1CCNC1. The fraction of sp³-hybridized carbons (Fsp3) is 0.385. The number of nitrogens with one attached hydrogen (secondary N) is 1. The molecule has 0 saturated carbocycles. The molecule has 1 N–H and O–H groups in total. The summed E-state index contributed by atoms with van der Waals surface area (Å²) in [6.07, 6.45) is 3.03. The van der Waals surface area contributed by atoms with Gasteiger partial charge in [-0.15, -0.1) is 0 Å². The molecule has 4 heteroatoms. The average molecular weight is 228 g/mol. The molecule has 3 rings (SSSR count). The molecule has 1 saturated heterocycles. The Kier molecular flexibility index (Phi) is 2.65. The Morgan fingerprint density at radius 3 is 2.88 bits per heavy atom. The van der Waals surface area contributed by atoms with Gasteiger partial charge in [0.2, 0.25) is 0 Å². The van der Waals surface area contributed by atoms with E-state index in [0.717, 1.165) is 29.9 Å². The number of hydrogen-bond acceptors (Lipinski definition) is 4. The third kappa shape index (κ3) is 1.96. The Balaban J connectivity index is 1.94. The van der Waals surface area contributed by atoms with Gasteiger partial charge in [0.15, 0.2) is 0 Å². The average Bonchev–Trinajstić information content (AvgIpc) is 2.91. The van der Waals surface area contributed by atoms with Crippen molar-refractivity contribution in [3.8, 4) is 0 Å². The summed E-state index contributed by atoms with van der Waals surface area (Å²) in [5, 5.41) is 3.37. The van der Waals surface area contributed by atoms with Crippen LogP contribution in [-0.4, -0.2) is 36.1 Å². The van der Waals surface area contributed by atoms with Gasteiger partial charge in [-0.05, 0) is 25.1 Å². The summed E-state index contributed by atoms with van der Waals surface area (Å²) in [5.41, 5.74) is 1.91. The number of para-hydroxylation sites is 2. The topological polar surface area (TPSA) is 41.1 Å². The summed E-state index contributed by atoms with van der Waals surface area (Å²) >= 11 is 0. The number of likely N-dealkylation sites (N-methyl/N-ethyl adjacent to an activating group) is 1. The van der Waals surface area contributed by atoms with Crippen molar-refractivity contribution < 1.29 is 0 Å². The number of anilines is 1. The Bertz CT molecular complexity index is 520. The van der Waals surface area contributed by atoms with Crippen molar-refractivity contribution in [3.63, 3.8) is 0 Å². The van der Waals surface area contributed by atoms with Gasteiger partial charge in [-0.25, -0.2) is 4.98 Å². The Labute approximate surface area is 101 Å². The second-order valence-electron chi connectivity index (χ2n) is 4.47. The number of aromatic nitrogens is 2. The molecule has 1 atom stereocenters. The van der Waals surface area contributed by atoms with Crippen LogP contribution in [0.5, 0.6) is 0 Å². The molecule has 2 heterocycles. The van der Waals surface area contributed by atoms with Crippen LogP contribution in [0, 0.1) is 0 Å². The lowest BCUT2D eigenvalue weighted by atomic mass is 10.2. The van der Waals surface area contributed by atoms with Crippen LogP contribution >= 0.6 is 0 Å². The minimum Gasteiger partial charge on any atom is -0.354 e. The van der Waals surface area contributed by atoms with E-state index in [-0.39, 0.29) is 0 Å². The van der Waals surface area contributed by atoms with Crippen LogP contribution in [0.15, 0.2) is 30.5 Å². The van der Waals surface area contributed by atoms with E-state index < -0.39 is 0 Å². The maximum atomic E-state index is 4.66. The number of rotatable bonds is 2. The first kappa shape index (κ1) is 10.5. The van der Waals surface area contributed by atoms with Gasteiger partial charge in [-0.3, -0.25) is 4.98 Å². The van der Waals surface area contributed by atoms with Crippen LogP contribution in [0.1, 0.15) is 6.42 Å². The first-order valence-electron chi connectivity index (χ1n) is 6.00. The van der Waals surface area contributed by atoms with Crippen LogP contribution in [0.25, 0.3) is 11.0 Å². The van der Waals surface area contributed by atoms with Crippen LogP contribution in [0.3, 0.4) is 0 Å². The van der Waals surface area contributed by atoms with Crippen LogP contribution < -0.4 is 10.2 Å². The predicted molar refractivity (Wildman–Crippen MR) is 69.2 cm³/mol. The largest absolute Gasteiger partial charge is 0.354 e. The molecule has 0 unspecified atom stereocenters. The van der Waals surface area contributed by atoms with Crippen LogP contribution in [-0.2, 0) is 0 Å². The molecule has 0 amide bonds. The summed E-state index contributed by atoms with van der Waals surface area (Å²) in [4.78, 5) is 11.3. The van der Waals surface area contributed by atoms with Crippen molar-refractivity contribution in [2.24, 2.45) is 0 Å². The maximum absolute atomic E-state index is 4.66. The van der Waals surface area contributed by atoms with E-state index >= 15 is 0 Å². The fourth-order valence-corrected chi connectivity index (χ4v) is 2.27. The van der Waals surface area contributed by atoms with Crippen molar-refractivity contribution in [2.75, 3.05) is 25.0 Å². The van der Waals surface area contributed by atoms with Crippen LogP contribution in [0.4, 0.5) is 5.82 Å². The normalized spacial score (nSPS) is 19.7. The van der Waals surface area contributed by atoms with Crippen molar-refractivity contribution >= 4 is 16.9 Å². The highest BCUT2D eigenvalue weighted by Gasteiger charge is 2.20. The van der Waals surface area contributed by atoms with E-state index in [1.807, 2.05) is 30.5 Å². The molecule has 1 aliphatic heterocycles. The maximum Gasteiger partial charge on any atom is 0.147 e. The Morgan fingerprint density at radius 1 is 1.29 bits per heavy atom. The number of nitrogens with zero attached hydrogens (tertiary/aromatic N) is 3. The van der Waals surface area contributed by atoms with E-state index in [9.17, 15) is 0 Å². The molecule has 1 aromatic heterocycles. The Hall–Kier alpha value is -1.68. The molecule has 1 fully saturated rings. The van der Waals surface area contributed by atoms with Gasteiger partial charge in [0.1, 0.15) is 5.82 Å². The first-order valence-corrected chi connectivity index (χ1v) is 6.00. The number of hydrogen-bond donors (Lipinski definition) is 1. The smallest absolute Gasteiger partial charge is 0.147 e. The van der Waals surface area contributed by atoms with Crippen LogP contribution in [0.2, 0.25) is 0 Å². The molecule has 1 aliphatic rings. The molecule has 4 nitrogen and oxygen atoms in total. The lowest BCUT2D eigenvalue weighted by Crippen LogP contribution is -2.33. The molecule has 0 spiro atoms. The van der Waals surface area contributed by atoms with Gasteiger partial charge in [0, 0.05) is 19.6 Å². The van der Waals surface area contributed by atoms with E-state index in [1.165, 1.54) is 6.42 Å².